The molecule has 0 radical (unpaired) electrons. The highest BCUT2D eigenvalue weighted by atomic mass is 32.2. The lowest BCUT2D eigenvalue weighted by atomic mass is 9.92. The Morgan fingerprint density at radius 1 is 1.29 bits per heavy atom. The number of carbonyl (C=O) groups excluding carboxylic acids is 1. The third kappa shape index (κ3) is 3.24. The van der Waals surface area contributed by atoms with Gasteiger partial charge in [0, 0.05) is 6.54 Å². The third-order valence-corrected chi connectivity index (χ3v) is 7.37. The van der Waals surface area contributed by atoms with Gasteiger partial charge in [-0.3, -0.25) is 4.79 Å². The molecule has 0 spiro atoms. The second-order valence-corrected chi connectivity index (χ2v) is 8.59. The highest BCUT2D eigenvalue weighted by Crippen LogP contribution is 2.37. The maximum absolute atomic E-state index is 13.0. The quantitative estimate of drug-likeness (QED) is 0.764. The van der Waals surface area contributed by atoms with E-state index in [-0.39, 0.29) is 19.0 Å². The zero-order valence-electron chi connectivity index (χ0n) is 13.3. The first-order valence-electron chi connectivity index (χ1n) is 7.83. The molecule has 24 heavy (non-hydrogen) atoms. The fourth-order valence-electron chi connectivity index (χ4n) is 3.03. The second-order valence-electron chi connectivity index (χ2n) is 5.52. The van der Waals surface area contributed by atoms with E-state index in [2.05, 4.69) is 0 Å². The Kier molecular flexibility index (Phi) is 5.03. The van der Waals surface area contributed by atoms with Crippen molar-refractivity contribution >= 4 is 27.3 Å². The van der Waals surface area contributed by atoms with Crippen LogP contribution >= 0.6 is 11.3 Å². The van der Waals surface area contributed by atoms with Gasteiger partial charge in [0.15, 0.2) is 0 Å². The van der Waals surface area contributed by atoms with Gasteiger partial charge in [-0.15, -0.1) is 11.3 Å². The molecule has 1 aromatic carbocycles. The molecule has 3 rings (SSSR count). The number of carbonyl (C=O) groups is 1. The van der Waals surface area contributed by atoms with E-state index in [1.807, 2.05) is 24.3 Å². The van der Waals surface area contributed by atoms with Crippen molar-refractivity contribution in [1.29, 1.82) is 0 Å². The Hall–Kier alpha value is -1.70. The van der Waals surface area contributed by atoms with Gasteiger partial charge in [-0.25, -0.2) is 8.42 Å². The Labute approximate surface area is 145 Å². The predicted molar refractivity (Wildman–Crippen MR) is 92.3 cm³/mol. The molecule has 0 bridgehead atoms. The van der Waals surface area contributed by atoms with Crippen LogP contribution in [0.15, 0.2) is 46.0 Å². The van der Waals surface area contributed by atoms with Crippen molar-refractivity contribution in [3.05, 3.63) is 52.9 Å². The number of fused-ring (bicyclic) bond motifs is 1. The highest BCUT2D eigenvalue weighted by Gasteiger charge is 2.38. The van der Waals surface area contributed by atoms with Crippen molar-refractivity contribution < 1.29 is 17.9 Å². The lowest BCUT2D eigenvalue weighted by Gasteiger charge is -2.35. The molecule has 0 N–H and O–H groups in total. The van der Waals surface area contributed by atoms with E-state index in [0.29, 0.717) is 17.2 Å². The van der Waals surface area contributed by atoms with Crippen LogP contribution in [-0.4, -0.2) is 31.8 Å². The van der Waals surface area contributed by atoms with Crippen LogP contribution in [-0.2, 0) is 26.0 Å². The smallest absolute Gasteiger partial charge is 0.307 e. The molecule has 128 valence electrons. The fourth-order valence-corrected chi connectivity index (χ4v) is 5.76. The van der Waals surface area contributed by atoms with Crippen molar-refractivity contribution in [2.24, 2.45) is 0 Å². The monoisotopic (exact) mass is 365 g/mol. The Balaban J connectivity index is 2.00. The van der Waals surface area contributed by atoms with Gasteiger partial charge >= 0.3 is 5.97 Å². The number of esters is 1. The average molecular weight is 365 g/mol. The number of ether oxygens (including phenoxy) is 1. The number of sulfonamides is 1. The topological polar surface area (TPSA) is 63.7 Å². The van der Waals surface area contributed by atoms with Gasteiger partial charge in [0.1, 0.15) is 4.21 Å². The van der Waals surface area contributed by atoms with Gasteiger partial charge in [-0.1, -0.05) is 30.3 Å². The van der Waals surface area contributed by atoms with E-state index in [1.165, 1.54) is 15.6 Å². The van der Waals surface area contributed by atoms with E-state index in [9.17, 15) is 13.2 Å². The molecule has 0 aliphatic carbocycles. The van der Waals surface area contributed by atoms with Gasteiger partial charge in [0.2, 0.25) is 0 Å². The summed E-state index contributed by atoms with van der Waals surface area (Å²) in [7, 11) is -3.63. The van der Waals surface area contributed by atoms with Crippen LogP contribution in [0.5, 0.6) is 0 Å². The van der Waals surface area contributed by atoms with Crippen LogP contribution in [0.2, 0.25) is 0 Å². The molecular weight excluding hydrogens is 346 g/mol. The Bertz CT molecular complexity index is 815. The molecule has 1 aromatic heterocycles. The largest absolute Gasteiger partial charge is 0.466 e. The average Bonchev–Trinajstić information content (AvgIpc) is 3.10. The summed E-state index contributed by atoms with van der Waals surface area (Å²) >= 11 is 1.19. The van der Waals surface area contributed by atoms with Crippen LogP contribution in [0.25, 0.3) is 0 Å². The van der Waals surface area contributed by atoms with Crippen molar-refractivity contribution in [3.8, 4) is 0 Å². The van der Waals surface area contributed by atoms with E-state index >= 15 is 0 Å². The zero-order chi connectivity index (χ0) is 17.2. The van der Waals surface area contributed by atoms with Crippen molar-refractivity contribution in [2.45, 2.75) is 30.0 Å². The van der Waals surface area contributed by atoms with Crippen LogP contribution in [0.4, 0.5) is 0 Å². The summed E-state index contributed by atoms with van der Waals surface area (Å²) in [6.45, 7) is 2.39. The molecule has 0 saturated carbocycles. The van der Waals surface area contributed by atoms with Crippen LogP contribution in [0, 0.1) is 0 Å². The van der Waals surface area contributed by atoms with Gasteiger partial charge in [0.05, 0.1) is 19.1 Å². The third-order valence-electron chi connectivity index (χ3n) is 4.09. The van der Waals surface area contributed by atoms with Gasteiger partial charge in [-0.2, -0.15) is 4.31 Å². The minimum Gasteiger partial charge on any atom is -0.466 e. The van der Waals surface area contributed by atoms with Crippen LogP contribution in [0.3, 0.4) is 0 Å². The van der Waals surface area contributed by atoms with Gasteiger partial charge in [0.25, 0.3) is 10.0 Å². The number of nitrogens with zero attached hydrogens (tertiary/aromatic N) is 1. The summed E-state index contributed by atoms with van der Waals surface area (Å²) in [4.78, 5) is 12.0. The number of hydrogen-bond donors (Lipinski definition) is 0. The predicted octanol–water partition coefficient (Wildman–Crippen LogP) is 2.99. The first-order valence-corrected chi connectivity index (χ1v) is 10.1. The Morgan fingerprint density at radius 3 is 2.79 bits per heavy atom. The number of thiophene rings is 1. The normalized spacial score (nSPS) is 18.1. The second kappa shape index (κ2) is 7.04. The molecular formula is C17H19NO4S2. The molecule has 0 saturated heterocycles. The molecule has 5 nitrogen and oxygen atoms in total. The highest BCUT2D eigenvalue weighted by molar-refractivity contribution is 7.91. The van der Waals surface area contributed by atoms with Crippen molar-refractivity contribution in [1.82, 2.24) is 4.31 Å². The molecule has 0 fully saturated rings. The number of rotatable bonds is 5. The molecule has 1 aliphatic rings. The van der Waals surface area contributed by atoms with E-state index in [4.69, 9.17) is 4.74 Å². The molecule has 0 amide bonds. The lowest BCUT2D eigenvalue weighted by molar-refractivity contribution is -0.144. The molecule has 2 heterocycles. The van der Waals surface area contributed by atoms with Gasteiger partial charge in [-0.05, 0) is 35.9 Å². The van der Waals surface area contributed by atoms with Crippen molar-refractivity contribution in [2.75, 3.05) is 13.2 Å². The fraction of sp³-hybridized carbons (Fsp3) is 0.353. The minimum absolute atomic E-state index is 0.0233. The molecule has 1 atom stereocenters. The first kappa shape index (κ1) is 17.1. The van der Waals surface area contributed by atoms with Gasteiger partial charge < -0.3 is 4.74 Å². The summed E-state index contributed by atoms with van der Waals surface area (Å²) in [6.07, 6.45) is 0.662. The number of benzene rings is 1. The summed E-state index contributed by atoms with van der Waals surface area (Å²) in [5, 5.41) is 1.74. The first-order chi connectivity index (χ1) is 11.5. The molecule has 7 heteroatoms. The number of hydrogen-bond acceptors (Lipinski definition) is 5. The van der Waals surface area contributed by atoms with E-state index in [1.54, 1.807) is 24.4 Å². The summed E-state index contributed by atoms with van der Waals surface area (Å²) < 4.78 is 32.8. The van der Waals surface area contributed by atoms with Crippen LogP contribution < -0.4 is 0 Å². The minimum atomic E-state index is -3.63. The molecule has 1 aliphatic heterocycles. The van der Waals surface area contributed by atoms with E-state index < -0.39 is 16.1 Å². The maximum Gasteiger partial charge on any atom is 0.307 e. The summed E-state index contributed by atoms with van der Waals surface area (Å²) in [5.74, 6) is -0.384. The molecule has 1 unspecified atom stereocenters. The maximum atomic E-state index is 13.0. The zero-order valence-corrected chi connectivity index (χ0v) is 15.0. The standard InChI is InChI=1S/C17H19NO4S2/c1-2-22-16(19)12-15-14-7-4-3-6-13(14)9-10-18(15)24(20,21)17-8-5-11-23-17/h3-8,11,15H,2,9-10,12H2,1H3. The summed E-state index contributed by atoms with van der Waals surface area (Å²) in [6, 6.07) is 10.5. The SMILES string of the molecule is CCOC(=O)CC1c2ccccc2CCN1S(=O)(=O)c1cccs1. The van der Waals surface area contributed by atoms with E-state index in [0.717, 1.165) is 11.1 Å². The van der Waals surface area contributed by atoms with Crippen molar-refractivity contribution in [3.63, 3.8) is 0 Å². The van der Waals surface area contributed by atoms with Crippen LogP contribution in [0.1, 0.15) is 30.5 Å². The Morgan fingerprint density at radius 2 is 2.08 bits per heavy atom. The summed E-state index contributed by atoms with van der Waals surface area (Å²) in [5.41, 5.74) is 1.97. The lowest BCUT2D eigenvalue weighted by Crippen LogP contribution is -2.40. The molecule has 2 aromatic rings.